The van der Waals surface area contributed by atoms with Gasteiger partial charge in [-0.2, -0.15) is 0 Å². The van der Waals surface area contributed by atoms with Crippen LogP contribution in [0.1, 0.15) is 12.0 Å². The van der Waals surface area contributed by atoms with Gasteiger partial charge < -0.3 is 15.0 Å². The highest BCUT2D eigenvalue weighted by Gasteiger charge is 2.29. The van der Waals surface area contributed by atoms with E-state index in [0.717, 1.165) is 5.56 Å². The van der Waals surface area contributed by atoms with E-state index in [1.807, 2.05) is 36.1 Å². The summed E-state index contributed by atoms with van der Waals surface area (Å²) in [7, 11) is 0. The number of anilines is 1. The second kappa shape index (κ2) is 6.78. The molecule has 2 heterocycles. The summed E-state index contributed by atoms with van der Waals surface area (Å²) in [4.78, 5) is 30.7. The molecule has 3 rings (SSSR count). The van der Waals surface area contributed by atoms with E-state index in [0.29, 0.717) is 38.0 Å². The van der Waals surface area contributed by atoms with Crippen LogP contribution >= 0.6 is 0 Å². The predicted molar refractivity (Wildman–Crippen MR) is 86.2 cm³/mol. The fourth-order valence-corrected chi connectivity index (χ4v) is 2.61. The van der Waals surface area contributed by atoms with Gasteiger partial charge in [-0.25, -0.2) is 4.99 Å². The van der Waals surface area contributed by atoms with E-state index in [2.05, 4.69) is 15.6 Å². The molecule has 0 aromatic heterocycles. The maximum atomic E-state index is 12.4. The minimum atomic E-state index is -0.706. The molecule has 0 saturated carbocycles. The highest BCUT2D eigenvalue weighted by atomic mass is 16.5. The topological polar surface area (TPSA) is 83.0 Å². The molecule has 0 spiro atoms. The van der Waals surface area contributed by atoms with Gasteiger partial charge >= 0.3 is 0 Å². The van der Waals surface area contributed by atoms with Crippen LogP contribution in [0, 0.1) is 6.92 Å². The highest BCUT2D eigenvalue weighted by molar-refractivity contribution is 6.05. The summed E-state index contributed by atoms with van der Waals surface area (Å²) in [6, 6.07) is 6.83. The number of ether oxygens (including phenoxy) is 1. The third-order valence-corrected chi connectivity index (χ3v) is 3.81. The van der Waals surface area contributed by atoms with Crippen LogP contribution < -0.4 is 10.6 Å². The van der Waals surface area contributed by atoms with Crippen LogP contribution in [0.15, 0.2) is 29.3 Å². The first-order valence-corrected chi connectivity index (χ1v) is 7.70. The number of aryl methyl sites for hydroxylation is 1. The maximum absolute atomic E-state index is 12.4. The standard InChI is InChI=1S/C16H20N4O3/c1-11-3-2-4-12(9-11)17-15(22)13-10-14(21)19-16(18-13)20-5-7-23-8-6-20/h2-4,9,13H,5-8,10H2,1H3,(H,17,22)(H,18,19,21)/t13-/m0/s1. The summed E-state index contributed by atoms with van der Waals surface area (Å²) in [5.74, 6) is 0.0102. The van der Waals surface area contributed by atoms with E-state index in [4.69, 9.17) is 4.74 Å². The van der Waals surface area contributed by atoms with Gasteiger partial charge in [0.2, 0.25) is 17.8 Å². The second-order valence-corrected chi connectivity index (χ2v) is 5.68. The minimum Gasteiger partial charge on any atom is -0.378 e. The number of guanidine groups is 1. The van der Waals surface area contributed by atoms with Crippen LogP contribution in [-0.4, -0.2) is 55.0 Å². The molecule has 0 bridgehead atoms. The molecule has 1 fully saturated rings. The lowest BCUT2D eigenvalue weighted by Crippen LogP contribution is -2.53. The Kier molecular flexibility index (Phi) is 4.57. The smallest absolute Gasteiger partial charge is 0.249 e. The summed E-state index contributed by atoms with van der Waals surface area (Å²) in [6.45, 7) is 4.46. The van der Waals surface area contributed by atoms with Crippen LogP contribution in [0.4, 0.5) is 5.69 Å². The van der Waals surface area contributed by atoms with Crippen LogP contribution in [0.25, 0.3) is 0 Å². The fraction of sp³-hybridized carbons (Fsp3) is 0.438. The molecule has 7 nitrogen and oxygen atoms in total. The Hall–Kier alpha value is -2.41. The summed E-state index contributed by atoms with van der Waals surface area (Å²) in [5, 5.41) is 5.57. The first-order chi connectivity index (χ1) is 11.1. The van der Waals surface area contributed by atoms with Gasteiger partial charge in [0.1, 0.15) is 6.04 Å². The lowest BCUT2D eigenvalue weighted by atomic mass is 10.1. The number of hydrogen-bond donors (Lipinski definition) is 2. The van der Waals surface area contributed by atoms with Crippen molar-refractivity contribution in [3.63, 3.8) is 0 Å². The number of morpholine rings is 1. The number of carbonyl (C=O) groups excluding carboxylic acids is 2. The van der Waals surface area contributed by atoms with Crippen LogP contribution in [0.5, 0.6) is 0 Å². The molecule has 2 N–H and O–H groups in total. The van der Waals surface area contributed by atoms with Crippen molar-refractivity contribution < 1.29 is 14.3 Å². The van der Waals surface area contributed by atoms with Crippen LogP contribution in [0.2, 0.25) is 0 Å². The van der Waals surface area contributed by atoms with E-state index in [1.54, 1.807) is 0 Å². The number of amides is 2. The van der Waals surface area contributed by atoms with Gasteiger partial charge in [0, 0.05) is 18.8 Å². The van der Waals surface area contributed by atoms with E-state index in [9.17, 15) is 9.59 Å². The SMILES string of the molecule is Cc1cccc(NC(=O)[C@@H]2CC(=O)NC(N3CCOCC3)=N2)c1. The van der Waals surface area contributed by atoms with Crippen molar-refractivity contribution in [2.75, 3.05) is 31.6 Å². The Balaban J connectivity index is 1.72. The molecule has 122 valence electrons. The van der Waals surface area contributed by atoms with Gasteiger partial charge in [0.15, 0.2) is 0 Å². The molecule has 2 aliphatic rings. The zero-order valence-electron chi connectivity index (χ0n) is 13.0. The first kappa shape index (κ1) is 15.5. The molecule has 0 unspecified atom stereocenters. The zero-order chi connectivity index (χ0) is 16.2. The van der Waals surface area contributed by atoms with E-state index >= 15 is 0 Å². The summed E-state index contributed by atoms with van der Waals surface area (Å²) in [5.41, 5.74) is 1.77. The number of benzene rings is 1. The monoisotopic (exact) mass is 316 g/mol. The average molecular weight is 316 g/mol. The van der Waals surface area contributed by atoms with Crippen molar-refractivity contribution in [1.82, 2.24) is 10.2 Å². The van der Waals surface area contributed by atoms with Crippen molar-refractivity contribution in [2.45, 2.75) is 19.4 Å². The van der Waals surface area contributed by atoms with Crippen LogP contribution in [0.3, 0.4) is 0 Å². The Labute approximate surface area is 134 Å². The molecule has 2 amide bonds. The summed E-state index contributed by atoms with van der Waals surface area (Å²) in [6.07, 6.45) is 0.0610. The van der Waals surface area contributed by atoms with Gasteiger partial charge in [-0.3, -0.25) is 14.9 Å². The third-order valence-electron chi connectivity index (χ3n) is 3.81. The minimum absolute atomic E-state index is 0.0610. The second-order valence-electron chi connectivity index (χ2n) is 5.68. The van der Waals surface area contributed by atoms with Gasteiger partial charge in [-0.1, -0.05) is 12.1 Å². The maximum Gasteiger partial charge on any atom is 0.249 e. The number of aliphatic imine (C=N–C) groups is 1. The Bertz CT molecular complexity index is 638. The number of hydrogen-bond acceptors (Lipinski definition) is 5. The Morgan fingerprint density at radius 3 is 2.91 bits per heavy atom. The number of carbonyl (C=O) groups is 2. The molecule has 23 heavy (non-hydrogen) atoms. The third kappa shape index (κ3) is 3.87. The first-order valence-electron chi connectivity index (χ1n) is 7.70. The van der Waals surface area contributed by atoms with Crippen molar-refractivity contribution in [3.05, 3.63) is 29.8 Å². The Morgan fingerprint density at radius 1 is 1.39 bits per heavy atom. The molecule has 0 radical (unpaired) electrons. The molecular formula is C16H20N4O3. The van der Waals surface area contributed by atoms with Crippen molar-refractivity contribution >= 4 is 23.5 Å². The lowest BCUT2D eigenvalue weighted by molar-refractivity contribution is -0.125. The van der Waals surface area contributed by atoms with Crippen molar-refractivity contribution in [3.8, 4) is 0 Å². The number of nitrogens with one attached hydrogen (secondary N) is 2. The van der Waals surface area contributed by atoms with Crippen molar-refractivity contribution in [2.24, 2.45) is 4.99 Å². The molecule has 0 aliphatic carbocycles. The number of nitrogens with zero attached hydrogens (tertiary/aromatic N) is 2. The summed E-state index contributed by atoms with van der Waals surface area (Å²) >= 11 is 0. The molecular weight excluding hydrogens is 296 g/mol. The van der Waals surface area contributed by atoms with Crippen molar-refractivity contribution in [1.29, 1.82) is 0 Å². The predicted octanol–water partition coefficient (Wildman–Crippen LogP) is 0.510. The average Bonchev–Trinajstić information content (AvgIpc) is 2.55. The van der Waals surface area contributed by atoms with E-state index < -0.39 is 6.04 Å². The lowest BCUT2D eigenvalue weighted by Gasteiger charge is -2.32. The highest BCUT2D eigenvalue weighted by Crippen LogP contribution is 2.13. The van der Waals surface area contributed by atoms with Gasteiger partial charge in [-0.15, -0.1) is 0 Å². The van der Waals surface area contributed by atoms with E-state index in [-0.39, 0.29) is 18.2 Å². The fourth-order valence-electron chi connectivity index (χ4n) is 2.61. The quantitative estimate of drug-likeness (QED) is 0.833. The zero-order valence-corrected chi connectivity index (χ0v) is 13.0. The van der Waals surface area contributed by atoms with Gasteiger partial charge in [0.25, 0.3) is 0 Å². The molecule has 1 atom stereocenters. The molecule has 1 aromatic carbocycles. The molecule has 7 heteroatoms. The summed E-state index contributed by atoms with van der Waals surface area (Å²) < 4.78 is 5.29. The number of rotatable bonds is 2. The molecule has 2 aliphatic heterocycles. The molecule has 1 saturated heterocycles. The van der Waals surface area contributed by atoms with Crippen LogP contribution in [-0.2, 0) is 14.3 Å². The van der Waals surface area contributed by atoms with Gasteiger partial charge in [0.05, 0.1) is 19.6 Å². The molecule has 1 aromatic rings. The van der Waals surface area contributed by atoms with Gasteiger partial charge in [-0.05, 0) is 24.6 Å². The normalized spacial score (nSPS) is 21.4. The Morgan fingerprint density at radius 2 is 2.17 bits per heavy atom. The largest absolute Gasteiger partial charge is 0.378 e. The van der Waals surface area contributed by atoms with E-state index in [1.165, 1.54) is 0 Å².